The molecular weight excluding hydrogens is 244 g/mol. The highest BCUT2D eigenvalue weighted by Crippen LogP contribution is 2.27. The number of hydrogen-bond donors (Lipinski definition) is 0. The molecule has 0 radical (unpaired) electrons. The fraction of sp³-hybridized carbons (Fsp3) is 0.357. The summed E-state index contributed by atoms with van der Waals surface area (Å²) in [5.41, 5.74) is 1.49. The maximum atomic E-state index is 11.7. The molecule has 2 aliphatic rings. The summed E-state index contributed by atoms with van der Waals surface area (Å²) in [6, 6.07) is 7.27. The monoisotopic (exact) mass is 258 g/mol. The van der Waals surface area contributed by atoms with Gasteiger partial charge in [-0.05, 0) is 24.6 Å². The molecule has 0 N–H and O–H groups in total. The molecule has 2 fully saturated rings. The van der Waals surface area contributed by atoms with E-state index in [0.29, 0.717) is 12.1 Å². The molecule has 98 valence electrons. The molecule has 0 aliphatic carbocycles. The lowest BCUT2D eigenvalue weighted by Gasteiger charge is -2.20. The van der Waals surface area contributed by atoms with Gasteiger partial charge in [0.2, 0.25) is 11.8 Å². The third-order valence-corrected chi connectivity index (χ3v) is 3.51. The van der Waals surface area contributed by atoms with E-state index in [1.54, 1.807) is 17.0 Å². The molecule has 0 saturated carbocycles. The number of anilines is 2. The summed E-state index contributed by atoms with van der Waals surface area (Å²) in [5.74, 6) is -0.122. The van der Waals surface area contributed by atoms with Crippen molar-refractivity contribution in [2.45, 2.75) is 19.3 Å². The minimum absolute atomic E-state index is 0.0210. The van der Waals surface area contributed by atoms with Crippen LogP contribution in [0.3, 0.4) is 0 Å². The van der Waals surface area contributed by atoms with Gasteiger partial charge in [-0.25, -0.2) is 0 Å². The molecule has 5 nitrogen and oxygen atoms in total. The van der Waals surface area contributed by atoms with Crippen molar-refractivity contribution in [2.75, 3.05) is 22.9 Å². The van der Waals surface area contributed by atoms with Crippen LogP contribution in [0.25, 0.3) is 0 Å². The lowest BCUT2D eigenvalue weighted by molar-refractivity contribution is -0.121. The first-order valence-corrected chi connectivity index (χ1v) is 6.37. The van der Waals surface area contributed by atoms with Crippen molar-refractivity contribution in [3.63, 3.8) is 0 Å². The first-order chi connectivity index (χ1) is 9.15. The quantitative estimate of drug-likeness (QED) is 0.747. The molecule has 19 heavy (non-hydrogen) atoms. The minimum Gasteiger partial charge on any atom is -0.312 e. The fourth-order valence-corrected chi connectivity index (χ4v) is 2.57. The van der Waals surface area contributed by atoms with E-state index in [1.807, 2.05) is 12.1 Å². The summed E-state index contributed by atoms with van der Waals surface area (Å²) < 4.78 is 0. The number of ketones is 1. The predicted octanol–water partition coefficient (Wildman–Crippen LogP) is 1.12. The second-order valence-electron chi connectivity index (χ2n) is 4.86. The van der Waals surface area contributed by atoms with Gasteiger partial charge in [-0.2, -0.15) is 0 Å². The van der Waals surface area contributed by atoms with Gasteiger partial charge in [0.1, 0.15) is 0 Å². The average Bonchev–Trinajstić information content (AvgIpc) is 2.95. The Morgan fingerprint density at radius 3 is 2.26 bits per heavy atom. The Morgan fingerprint density at radius 1 is 0.947 bits per heavy atom. The average molecular weight is 258 g/mol. The Kier molecular flexibility index (Phi) is 2.81. The van der Waals surface area contributed by atoms with Crippen molar-refractivity contribution in [2.24, 2.45) is 0 Å². The van der Waals surface area contributed by atoms with Crippen molar-refractivity contribution in [3.8, 4) is 0 Å². The van der Waals surface area contributed by atoms with Crippen molar-refractivity contribution >= 4 is 29.0 Å². The van der Waals surface area contributed by atoms with Crippen LogP contribution in [0.4, 0.5) is 11.4 Å². The van der Waals surface area contributed by atoms with Gasteiger partial charge in [0.25, 0.3) is 0 Å². The first-order valence-electron chi connectivity index (χ1n) is 6.37. The number of Topliss-reactive ketones (excluding diaryl/α,β-unsaturated/α-hetero) is 1. The van der Waals surface area contributed by atoms with Crippen LogP contribution in [-0.2, 0) is 14.4 Å². The van der Waals surface area contributed by atoms with Crippen molar-refractivity contribution < 1.29 is 14.4 Å². The van der Waals surface area contributed by atoms with E-state index in [1.165, 1.54) is 4.90 Å². The maximum absolute atomic E-state index is 11.7. The molecule has 1 aromatic rings. The molecule has 0 atom stereocenters. The summed E-state index contributed by atoms with van der Waals surface area (Å²) in [5, 5.41) is 0. The number of carbonyl (C=O) groups excluding carboxylic acids is 3. The summed E-state index contributed by atoms with van der Waals surface area (Å²) in [6.07, 6.45) is 1.42. The highest BCUT2D eigenvalue weighted by atomic mass is 16.2. The molecule has 0 unspecified atom stereocenters. The van der Waals surface area contributed by atoms with Crippen molar-refractivity contribution in [3.05, 3.63) is 24.3 Å². The lowest BCUT2D eigenvalue weighted by atomic mass is 10.2. The zero-order valence-electron chi connectivity index (χ0n) is 10.5. The van der Waals surface area contributed by atoms with Gasteiger partial charge in [-0.1, -0.05) is 6.07 Å². The van der Waals surface area contributed by atoms with Gasteiger partial charge in [0.05, 0.1) is 13.0 Å². The summed E-state index contributed by atoms with van der Waals surface area (Å²) in [4.78, 5) is 37.9. The Balaban J connectivity index is 1.90. The summed E-state index contributed by atoms with van der Waals surface area (Å²) in [7, 11) is 0. The molecule has 2 aliphatic heterocycles. The van der Waals surface area contributed by atoms with E-state index in [0.717, 1.165) is 18.7 Å². The zero-order chi connectivity index (χ0) is 13.4. The third-order valence-electron chi connectivity index (χ3n) is 3.51. The molecule has 2 amide bonds. The van der Waals surface area contributed by atoms with E-state index < -0.39 is 0 Å². The van der Waals surface area contributed by atoms with Crippen LogP contribution in [0.15, 0.2) is 24.3 Å². The van der Waals surface area contributed by atoms with Crippen LogP contribution in [0.2, 0.25) is 0 Å². The Hall–Kier alpha value is -2.17. The minimum atomic E-state index is -0.171. The van der Waals surface area contributed by atoms with Crippen molar-refractivity contribution in [1.29, 1.82) is 0 Å². The van der Waals surface area contributed by atoms with Crippen LogP contribution < -0.4 is 9.80 Å². The standard InChI is InChI=1S/C14H14N2O3/c17-12-8-14(19)16(9-12)11-4-1-3-10(7-11)15-6-2-5-13(15)18/h1,3-4,7H,2,5-6,8-9H2. The van der Waals surface area contributed by atoms with Gasteiger partial charge in [0, 0.05) is 24.3 Å². The largest absolute Gasteiger partial charge is 0.312 e. The first kappa shape index (κ1) is 11.9. The molecular formula is C14H14N2O3. The Labute approximate surface area is 110 Å². The normalized spacial score (nSPS) is 19.7. The van der Waals surface area contributed by atoms with Gasteiger partial charge >= 0.3 is 0 Å². The molecule has 0 aromatic heterocycles. The summed E-state index contributed by atoms with van der Waals surface area (Å²) >= 11 is 0. The molecule has 5 heteroatoms. The van der Waals surface area contributed by atoms with Crippen LogP contribution in [0, 0.1) is 0 Å². The number of nitrogens with zero attached hydrogens (tertiary/aromatic N) is 2. The van der Waals surface area contributed by atoms with Crippen molar-refractivity contribution in [1.82, 2.24) is 0 Å². The molecule has 2 heterocycles. The predicted molar refractivity (Wildman–Crippen MR) is 70.0 cm³/mol. The second-order valence-corrected chi connectivity index (χ2v) is 4.86. The lowest BCUT2D eigenvalue weighted by Crippen LogP contribution is -2.26. The summed E-state index contributed by atoms with van der Waals surface area (Å²) in [6.45, 7) is 0.853. The van der Waals surface area contributed by atoms with E-state index in [9.17, 15) is 14.4 Å². The van der Waals surface area contributed by atoms with E-state index in [2.05, 4.69) is 0 Å². The van der Waals surface area contributed by atoms with E-state index >= 15 is 0 Å². The number of amides is 2. The highest BCUT2D eigenvalue weighted by Gasteiger charge is 2.29. The Bertz CT molecular complexity index is 568. The Morgan fingerprint density at radius 2 is 1.68 bits per heavy atom. The number of carbonyl (C=O) groups is 3. The maximum Gasteiger partial charge on any atom is 0.234 e. The van der Waals surface area contributed by atoms with Crippen LogP contribution in [-0.4, -0.2) is 30.7 Å². The SMILES string of the molecule is O=C1CC(=O)N(c2cccc(N3CCCC3=O)c2)C1. The molecule has 1 aromatic carbocycles. The topological polar surface area (TPSA) is 57.7 Å². The molecule has 0 spiro atoms. The van der Waals surface area contributed by atoms with Crippen LogP contribution in [0.5, 0.6) is 0 Å². The second kappa shape index (κ2) is 4.50. The van der Waals surface area contributed by atoms with Crippen LogP contribution in [0.1, 0.15) is 19.3 Å². The third kappa shape index (κ3) is 2.12. The fourth-order valence-electron chi connectivity index (χ4n) is 2.57. The molecule has 0 bridgehead atoms. The zero-order valence-corrected chi connectivity index (χ0v) is 10.5. The number of rotatable bonds is 2. The van der Waals surface area contributed by atoms with Gasteiger partial charge in [-0.15, -0.1) is 0 Å². The van der Waals surface area contributed by atoms with E-state index in [-0.39, 0.29) is 30.6 Å². The van der Waals surface area contributed by atoms with Crippen LogP contribution >= 0.6 is 0 Å². The van der Waals surface area contributed by atoms with Gasteiger partial charge < -0.3 is 9.80 Å². The molecule has 2 saturated heterocycles. The van der Waals surface area contributed by atoms with E-state index in [4.69, 9.17) is 0 Å². The van der Waals surface area contributed by atoms with Gasteiger partial charge in [-0.3, -0.25) is 14.4 Å². The van der Waals surface area contributed by atoms with Gasteiger partial charge in [0.15, 0.2) is 5.78 Å². The number of benzene rings is 1. The number of hydrogen-bond acceptors (Lipinski definition) is 3. The smallest absolute Gasteiger partial charge is 0.234 e. The highest BCUT2D eigenvalue weighted by molar-refractivity contribution is 6.15. The molecule has 3 rings (SSSR count).